The van der Waals surface area contributed by atoms with Crippen LogP contribution in [0.2, 0.25) is 13.1 Å². The lowest BCUT2D eigenvalue weighted by Gasteiger charge is -2.31. The van der Waals surface area contributed by atoms with Gasteiger partial charge in [0.1, 0.15) is 14.2 Å². The van der Waals surface area contributed by atoms with Crippen LogP contribution in [0.1, 0.15) is 37.2 Å². The smallest absolute Gasteiger partial charge is 0.107 e. The predicted octanol–water partition coefficient (Wildman–Crippen LogP) is 5.40. The van der Waals surface area contributed by atoms with Gasteiger partial charge in [0, 0.05) is 5.92 Å². The molecule has 0 radical (unpaired) electrons. The van der Waals surface area contributed by atoms with Crippen molar-refractivity contribution in [3.8, 4) is 0 Å². The highest BCUT2D eigenvalue weighted by Gasteiger charge is 2.27. The molecule has 0 saturated heterocycles. The zero-order valence-corrected chi connectivity index (χ0v) is 15.8. The molecule has 2 aromatic rings. The fourth-order valence-electron chi connectivity index (χ4n) is 3.62. The second-order valence-electron chi connectivity index (χ2n) is 7.37. The molecule has 0 N–H and O–H groups in total. The maximum Gasteiger partial charge on any atom is 0.107 e. The van der Waals surface area contributed by atoms with Gasteiger partial charge in [-0.3, -0.25) is 0 Å². The van der Waals surface area contributed by atoms with Crippen molar-refractivity contribution in [1.29, 1.82) is 0 Å². The average molecular weight is 337 g/mol. The molecule has 1 aliphatic carbocycles. The lowest BCUT2D eigenvalue weighted by atomic mass is 9.81. The molecule has 0 aliphatic heterocycles. The minimum absolute atomic E-state index is 0.318. The highest BCUT2D eigenvalue weighted by molar-refractivity contribution is 6.93. The van der Waals surface area contributed by atoms with Crippen molar-refractivity contribution in [2.45, 2.75) is 50.8 Å². The second kappa shape index (κ2) is 7.85. The first-order chi connectivity index (χ1) is 11.7. The van der Waals surface area contributed by atoms with Gasteiger partial charge in [0.05, 0.1) is 6.26 Å². The fraction of sp³-hybridized carbons (Fsp3) is 0.364. The van der Waals surface area contributed by atoms with Crippen molar-refractivity contribution in [1.82, 2.24) is 0 Å². The lowest BCUT2D eigenvalue weighted by molar-refractivity contribution is 0.0850. The average Bonchev–Trinajstić information content (AvgIpc) is 2.63. The van der Waals surface area contributed by atoms with E-state index in [9.17, 15) is 0 Å². The number of hydrogen-bond acceptors (Lipinski definition) is 1. The molecule has 3 rings (SSSR count). The summed E-state index contributed by atoms with van der Waals surface area (Å²) < 4.78 is 6.26. The molecule has 1 fully saturated rings. The Morgan fingerprint density at radius 3 is 2.21 bits per heavy atom. The van der Waals surface area contributed by atoms with Crippen LogP contribution in [0.25, 0.3) is 0 Å². The molecule has 0 unspecified atom stereocenters. The Labute approximate surface area is 147 Å². The van der Waals surface area contributed by atoms with Gasteiger partial charge in [0.25, 0.3) is 0 Å². The van der Waals surface area contributed by atoms with Crippen LogP contribution in [0.3, 0.4) is 0 Å². The summed E-state index contributed by atoms with van der Waals surface area (Å²) in [5.74, 6) is 0.533. The Morgan fingerprint density at radius 1 is 0.875 bits per heavy atom. The molecule has 0 amide bonds. The van der Waals surface area contributed by atoms with Crippen LogP contribution in [-0.2, 0) is 4.74 Å². The summed E-state index contributed by atoms with van der Waals surface area (Å²) in [6.45, 7) is 4.75. The van der Waals surface area contributed by atoms with Gasteiger partial charge in [-0.15, -0.1) is 0 Å². The van der Waals surface area contributed by atoms with Gasteiger partial charge < -0.3 is 4.74 Å². The van der Waals surface area contributed by atoms with Crippen molar-refractivity contribution >= 4 is 13.3 Å². The van der Waals surface area contributed by atoms with Crippen molar-refractivity contribution in [3.05, 3.63) is 78.2 Å². The standard InChI is InChI=1S/C22H28OSi/c1-24(2,20-13-7-4-8-14-20)18-17-23-22-16-10-9-15-21(22)19-11-5-3-6-12-19/h3-8,11-14,17-18,21-22H,9-10,15-16H2,1-2H3/b18-17+/t21-,22+/m0/s1. The van der Waals surface area contributed by atoms with Crippen LogP contribution in [0.15, 0.2) is 72.6 Å². The van der Waals surface area contributed by atoms with Gasteiger partial charge in [-0.05, 0) is 24.8 Å². The fourth-order valence-corrected chi connectivity index (χ4v) is 5.28. The third-order valence-electron chi connectivity index (χ3n) is 5.19. The van der Waals surface area contributed by atoms with Crippen molar-refractivity contribution in [2.75, 3.05) is 0 Å². The Balaban J connectivity index is 1.68. The molecule has 1 nitrogen and oxygen atoms in total. The Kier molecular flexibility index (Phi) is 5.57. The number of hydrogen-bond donors (Lipinski definition) is 0. The van der Waals surface area contributed by atoms with Gasteiger partial charge in [-0.25, -0.2) is 0 Å². The molecule has 0 heterocycles. The number of benzene rings is 2. The summed E-state index contributed by atoms with van der Waals surface area (Å²) in [5.41, 5.74) is 3.76. The molecule has 2 aromatic carbocycles. The van der Waals surface area contributed by atoms with Gasteiger partial charge >= 0.3 is 0 Å². The van der Waals surface area contributed by atoms with E-state index in [1.165, 1.54) is 30.0 Å². The van der Waals surface area contributed by atoms with E-state index >= 15 is 0 Å². The molecule has 24 heavy (non-hydrogen) atoms. The monoisotopic (exact) mass is 336 g/mol. The minimum atomic E-state index is -1.57. The minimum Gasteiger partial charge on any atom is -0.498 e. The maximum absolute atomic E-state index is 6.26. The molecule has 1 saturated carbocycles. The van der Waals surface area contributed by atoms with E-state index in [-0.39, 0.29) is 0 Å². The summed E-state index contributed by atoms with van der Waals surface area (Å²) in [6, 6.07) is 21.7. The van der Waals surface area contributed by atoms with E-state index in [0.717, 1.165) is 6.42 Å². The molecule has 0 spiro atoms. The van der Waals surface area contributed by atoms with Gasteiger partial charge in [0.15, 0.2) is 0 Å². The van der Waals surface area contributed by atoms with Crippen molar-refractivity contribution in [3.63, 3.8) is 0 Å². The zero-order chi connectivity index (χ0) is 16.8. The van der Waals surface area contributed by atoms with E-state index in [0.29, 0.717) is 12.0 Å². The molecular weight excluding hydrogens is 308 g/mol. The van der Waals surface area contributed by atoms with Crippen LogP contribution in [0, 0.1) is 0 Å². The molecule has 0 aromatic heterocycles. The van der Waals surface area contributed by atoms with E-state index in [1.54, 1.807) is 0 Å². The van der Waals surface area contributed by atoms with Gasteiger partial charge in [0.2, 0.25) is 0 Å². The number of rotatable bonds is 5. The second-order valence-corrected chi connectivity index (χ2v) is 11.7. The Bertz CT molecular complexity index is 648. The van der Waals surface area contributed by atoms with Gasteiger partial charge in [-0.1, -0.05) is 91.1 Å². The van der Waals surface area contributed by atoms with E-state index in [1.807, 2.05) is 6.26 Å². The quantitative estimate of drug-likeness (QED) is 0.525. The van der Waals surface area contributed by atoms with Crippen LogP contribution < -0.4 is 5.19 Å². The molecule has 126 valence electrons. The van der Waals surface area contributed by atoms with E-state index in [2.05, 4.69) is 79.5 Å². The van der Waals surface area contributed by atoms with Crippen LogP contribution in [-0.4, -0.2) is 14.2 Å². The van der Waals surface area contributed by atoms with Crippen LogP contribution in [0.4, 0.5) is 0 Å². The number of ether oxygens (including phenoxy) is 1. The van der Waals surface area contributed by atoms with E-state index in [4.69, 9.17) is 4.74 Å². The largest absolute Gasteiger partial charge is 0.498 e. The SMILES string of the molecule is C[Si](C)(/C=C/O[C@@H]1CCCC[C@H]1c1ccccc1)c1ccccc1. The third-order valence-corrected chi connectivity index (χ3v) is 7.98. The first kappa shape index (κ1) is 17.0. The predicted molar refractivity (Wildman–Crippen MR) is 105 cm³/mol. The van der Waals surface area contributed by atoms with Crippen molar-refractivity contribution in [2.24, 2.45) is 0 Å². The summed E-state index contributed by atoms with van der Waals surface area (Å²) in [7, 11) is -1.57. The summed E-state index contributed by atoms with van der Waals surface area (Å²) in [6.07, 6.45) is 7.32. The molecule has 2 heteroatoms. The normalized spacial score (nSPS) is 21.8. The van der Waals surface area contributed by atoms with Gasteiger partial charge in [-0.2, -0.15) is 0 Å². The summed E-state index contributed by atoms with van der Waals surface area (Å²) in [5, 5.41) is 1.45. The summed E-state index contributed by atoms with van der Waals surface area (Å²) >= 11 is 0. The van der Waals surface area contributed by atoms with Crippen molar-refractivity contribution < 1.29 is 4.74 Å². The third kappa shape index (κ3) is 4.18. The molecule has 0 bridgehead atoms. The Hall–Kier alpha value is -1.80. The topological polar surface area (TPSA) is 9.23 Å². The van der Waals surface area contributed by atoms with Crippen LogP contribution >= 0.6 is 0 Å². The highest BCUT2D eigenvalue weighted by Crippen LogP contribution is 2.35. The highest BCUT2D eigenvalue weighted by atomic mass is 28.3. The Morgan fingerprint density at radius 2 is 1.50 bits per heavy atom. The lowest BCUT2D eigenvalue weighted by Crippen LogP contribution is -2.39. The zero-order valence-electron chi connectivity index (χ0n) is 14.8. The molecular formula is C22H28OSi. The molecule has 1 aliphatic rings. The summed E-state index contributed by atoms with van der Waals surface area (Å²) in [4.78, 5) is 0. The first-order valence-corrected chi connectivity index (χ1v) is 12.2. The molecule has 2 atom stereocenters. The first-order valence-electron chi connectivity index (χ1n) is 9.10. The van der Waals surface area contributed by atoms with Crippen LogP contribution in [0.5, 0.6) is 0 Å². The van der Waals surface area contributed by atoms with E-state index < -0.39 is 8.07 Å². The maximum atomic E-state index is 6.26.